The van der Waals surface area contributed by atoms with E-state index in [0.29, 0.717) is 0 Å². The standard InChI is InChI=1S/C6H6OS2/c1-9-6(8)5-3-2-4-7-5/h2-4H,1H3. The highest BCUT2D eigenvalue weighted by Gasteiger charge is 1.99. The van der Waals surface area contributed by atoms with E-state index >= 15 is 0 Å². The highest BCUT2D eigenvalue weighted by atomic mass is 32.2. The van der Waals surface area contributed by atoms with Crippen LogP contribution in [0.4, 0.5) is 0 Å². The Morgan fingerprint density at radius 2 is 2.56 bits per heavy atom. The summed E-state index contributed by atoms with van der Waals surface area (Å²) in [4.78, 5) is 0. The van der Waals surface area contributed by atoms with E-state index in [0.717, 1.165) is 9.96 Å². The Kier molecular flexibility index (Phi) is 2.30. The molecule has 48 valence electrons. The molecule has 1 aromatic heterocycles. The van der Waals surface area contributed by atoms with Crippen LogP contribution in [0.15, 0.2) is 22.8 Å². The maximum Gasteiger partial charge on any atom is 0.151 e. The van der Waals surface area contributed by atoms with Gasteiger partial charge in [0, 0.05) is 0 Å². The lowest BCUT2D eigenvalue weighted by atomic mass is 10.5. The molecular formula is C6H6OS2. The van der Waals surface area contributed by atoms with E-state index in [2.05, 4.69) is 0 Å². The molecule has 0 saturated heterocycles. The van der Waals surface area contributed by atoms with E-state index in [9.17, 15) is 0 Å². The number of furan rings is 1. The van der Waals surface area contributed by atoms with Crippen LogP contribution in [-0.2, 0) is 0 Å². The summed E-state index contributed by atoms with van der Waals surface area (Å²) in [6.45, 7) is 0. The van der Waals surface area contributed by atoms with E-state index < -0.39 is 0 Å². The van der Waals surface area contributed by atoms with Crippen molar-refractivity contribution in [1.29, 1.82) is 0 Å². The molecule has 1 rings (SSSR count). The Morgan fingerprint density at radius 1 is 1.78 bits per heavy atom. The zero-order chi connectivity index (χ0) is 6.69. The first-order chi connectivity index (χ1) is 4.34. The minimum Gasteiger partial charge on any atom is -0.463 e. The molecule has 9 heavy (non-hydrogen) atoms. The molecule has 0 unspecified atom stereocenters. The molecule has 1 heterocycles. The smallest absolute Gasteiger partial charge is 0.151 e. The lowest BCUT2D eigenvalue weighted by molar-refractivity contribution is 0.561. The topological polar surface area (TPSA) is 13.1 Å². The molecule has 0 aliphatic rings. The minimum atomic E-state index is 0.789. The van der Waals surface area contributed by atoms with Gasteiger partial charge in [0.2, 0.25) is 0 Å². The summed E-state index contributed by atoms with van der Waals surface area (Å²) in [5.74, 6) is 0.789. The van der Waals surface area contributed by atoms with Gasteiger partial charge in [-0.3, -0.25) is 0 Å². The van der Waals surface area contributed by atoms with E-state index in [1.54, 1.807) is 6.26 Å². The predicted molar refractivity (Wildman–Crippen MR) is 43.9 cm³/mol. The third-order valence-electron chi connectivity index (χ3n) is 0.908. The second-order valence-electron chi connectivity index (χ2n) is 1.47. The third-order valence-corrected chi connectivity index (χ3v) is 2.18. The largest absolute Gasteiger partial charge is 0.463 e. The normalized spacial score (nSPS) is 9.44. The number of rotatable bonds is 1. The summed E-state index contributed by atoms with van der Waals surface area (Å²) in [5.41, 5.74) is 0. The van der Waals surface area contributed by atoms with Gasteiger partial charge in [0.1, 0.15) is 4.20 Å². The molecule has 0 bridgehead atoms. The summed E-state index contributed by atoms with van der Waals surface area (Å²) < 4.78 is 5.83. The highest BCUT2D eigenvalue weighted by Crippen LogP contribution is 2.10. The Hall–Kier alpha value is -0.280. The van der Waals surface area contributed by atoms with Crippen molar-refractivity contribution in [3.05, 3.63) is 24.2 Å². The zero-order valence-electron chi connectivity index (χ0n) is 4.96. The van der Waals surface area contributed by atoms with E-state index in [4.69, 9.17) is 16.6 Å². The maximum atomic E-state index is 5.02. The quantitative estimate of drug-likeness (QED) is 0.582. The molecule has 0 spiro atoms. The van der Waals surface area contributed by atoms with Gasteiger partial charge in [-0.2, -0.15) is 0 Å². The Morgan fingerprint density at radius 3 is 3.00 bits per heavy atom. The molecule has 3 heteroatoms. The SMILES string of the molecule is CSC(=S)c1ccco1. The fourth-order valence-corrected chi connectivity index (χ4v) is 0.929. The fraction of sp³-hybridized carbons (Fsp3) is 0.167. The maximum absolute atomic E-state index is 5.02. The van der Waals surface area contributed by atoms with Gasteiger partial charge in [-0.15, -0.1) is 11.8 Å². The van der Waals surface area contributed by atoms with Crippen molar-refractivity contribution in [2.45, 2.75) is 0 Å². The van der Waals surface area contributed by atoms with Gasteiger partial charge < -0.3 is 4.42 Å². The van der Waals surface area contributed by atoms with Crippen LogP contribution in [0.1, 0.15) is 5.76 Å². The van der Waals surface area contributed by atoms with Gasteiger partial charge in [-0.1, -0.05) is 12.2 Å². The second kappa shape index (κ2) is 3.03. The van der Waals surface area contributed by atoms with Gasteiger partial charge in [-0.25, -0.2) is 0 Å². The van der Waals surface area contributed by atoms with Gasteiger partial charge in [-0.05, 0) is 18.4 Å². The molecule has 1 aromatic rings. The lowest BCUT2D eigenvalue weighted by Gasteiger charge is -1.89. The summed E-state index contributed by atoms with van der Waals surface area (Å²) in [5, 5.41) is 0. The van der Waals surface area contributed by atoms with Crippen LogP contribution in [0, 0.1) is 0 Å². The van der Waals surface area contributed by atoms with Gasteiger partial charge in [0.15, 0.2) is 5.76 Å². The van der Waals surface area contributed by atoms with E-state index in [1.807, 2.05) is 18.4 Å². The predicted octanol–water partition coefficient (Wildman–Crippen LogP) is 2.32. The van der Waals surface area contributed by atoms with Gasteiger partial charge in [0.05, 0.1) is 6.26 Å². The fourth-order valence-electron chi connectivity index (χ4n) is 0.495. The number of hydrogen-bond acceptors (Lipinski definition) is 3. The highest BCUT2D eigenvalue weighted by molar-refractivity contribution is 8.23. The number of thiocarbonyl (C=S) groups is 1. The van der Waals surface area contributed by atoms with Crippen LogP contribution in [0.5, 0.6) is 0 Å². The van der Waals surface area contributed by atoms with Crippen molar-refractivity contribution in [3.63, 3.8) is 0 Å². The summed E-state index contributed by atoms with van der Waals surface area (Å²) >= 11 is 6.46. The monoisotopic (exact) mass is 158 g/mol. The Labute approximate surface area is 63.4 Å². The van der Waals surface area contributed by atoms with Crippen molar-refractivity contribution in [1.82, 2.24) is 0 Å². The molecule has 0 aliphatic carbocycles. The summed E-state index contributed by atoms with van der Waals surface area (Å²) in [6, 6.07) is 3.69. The molecular weight excluding hydrogens is 152 g/mol. The minimum absolute atomic E-state index is 0.789. The second-order valence-corrected chi connectivity index (χ2v) is 2.95. The van der Waals surface area contributed by atoms with Crippen LogP contribution in [0.2, 0.25) is 0 Å². The van der Waals surface area contributed by atoms with Crippen molar-refractivity contribution in [3.8, 4) is 0 Å². The van der Waals surface area contributed by atoms with Crippen molar-refractivity contribution in [2.75, 3.05) is 6.26 Å². The van der Waals surface area contributed by atoms with Crippen molar-refractivity contribution in [2.24, 2.45) is 0 Å². The number of thioether (sulfide) groups is 1. The van der Waals surface area contributed by atoms with Gasteiger partial charge in [0.25, 0.3) is 0 Å². The summed E-state index contributed by atoms with van der Waals surface area (Å²) in [6.07, 6.45) is 3.56. The van der Waals surface area contributed by atoms with Crippen LogP contribution in [0.3, 0.4) is 0 Å². The first kappa shape index (κ1) is 6.83. The Bertz CT molecular complexity index is 191. The lowest BCUT2D eigenvalue weighted by Crippen LogP contribution is -1.84. The van der Waals surface area contributed by atoms with E-state index in [-0.39, 0.29) is 0 Å². The zero-order valence-corrected chi connectivity index (χ0v) is 6.59. The average molecular weight is 158 g/mol. The number of hydrogen-bond donors (Lipinski definition) is 0. The molecule has 0 aliphatic heterocycles. The summed E-state index contributed by atoms with van der Waals surface area (Å²) in [7, 11) is 0. The third kappa shape index (κ3) is 1.56. The van der Waals surface area contributed by atoms with Crippen molar-refractivity contribution >= 4 is 28.2 Å². The molecule has 0 aromatic carbocycles. The molecule has 0 fully saturated rings. The van der Waals surface area contributed by atoms with Crippen LogP contribution in [-0.4, -0.2) is 10.5 Å². The van der Waals surface area contributed by atoms with Crippen LogP contribution in [0.25, 0.3) is 0 Å². The van der Waals surface area contributed by atoms with Gasteiger partial charge >= 0.3 is 0 Å². The molecule has 1 nitrogen and oxygen atoms in total. The van der Waals surface area contributed by atoms with E-state index in [1.165, 1.54) is 11.8 Å². The molecule has 0 amide bonds. The van der Waals surface area contributed by atoms with Crippen molar-refractivity contribution < 1.29 is 4.42 Å². The first-order valence-corrected chi connectivity index (χ1v) is 4.09. The Balaban J connectivity index is 2.77. The molecule has 0 atom stereocenters. The van der Waals surface area contributed by atoms with Crippen LogP contribution < -0.4 is 0 Å². The molecule has 0 saturated carbocycles. The first-order valence-electron chi connectivity index (χ1n) is 2.46. The molecule has 0 N–H and O–H groups in total. The van der Waals surface area contributed by atoms with Crippen LogP contribution >= 0.6 is 24.0 Å². The average Bonchev–Trinajstić information content (AvgIpc) is 2.37. The molecule has 0 radical (unpaired) electrons.